The Morgan fingerprint density at radius 1 is 1.25 bits per heavy atom. The topological polar surface area (TPSA) is 37.4 Å². The lowest BCUT2D eigenvalue weighted by molar-refractivity contribution is 0.318. The number of benzene rings is 1. The van der Waals surface area contributed by atoms with E-state index in [4.69, 9.17) is 16.6 Å². The number of nitrogens with zero attached hydrogens (tertiary/aromatic N) is 2. The summed E-state index contributed by atoms with van der Waals surface area (Å²) in [7, 11) is 0. The largest absolute Gasteiger partial charge is 0.462 e. The number of allylic oxidation sites excluding steroid dienone is 6. The Bertz CT molecular complexity index is 692. The monoisotopic (exact) mass is 260 g/mol. The Labute approximate surface area is 118 Å². The SMILES string of the molecule is [C-]#[N+]/C(C#N)=C1/C=C(C)OC(/C=C/c2ccccc2)=C1. The van der Waals surface area contributed by atoms with Crippen LogP contribution in [0, 0.1) is 17.9 Å². The summed E-state index contributed by atoms with van der Waals surface area (Å²) in [6.45, 7) is 8.79. The van der Waals surface area contributed by atoms with Gasteiger partial charge in [0.2, 0.25) is 0 Å². The highest BCUT2D eigenvalue weighted by molar-refractivity contribution is 5.55. The normalized spacial score (nSPS) is 16.6. The smallest absolute Gasteiger partial charge is 0.269 e. The molecular formula is C17H12N2O. The lowest BCUT2D eigenvalue weighted by atomic mass is 10.1. The van der Waals surface area contributed by atoms with Crippen molar-refractivity contribution in [2.75, 3.05) is 0 Å². The minimum Gasteiger partial charge on any atom is -0.462 e. The van der Waals surface area contributed by atoms with Crippen LogP contribution in [0.25, 0.3) is 10.9 Å². The second-order valence-corrected chi connectivity index (χ2v) is 4.18. The van der Waals surface area contributed by atoms with Crippen LogP contribution in [0.15, 0.2) is 71.3 Å². The summed E-state index contributed by atoms with van der Waals surface area (Å²) >= 11 is 0. The predicted molar refractivity (Wildman–Crippen MR) is 77.6 cm³/mol. The van der Waals surface area contributed by atoms with E-state index < -0.39 is 0 Å². The van der Waals surface area contributed by atoms with E-state index in [-0.39, 0.29) is 5.70 Å². The zero-order valence-electron chi connectivity index (χ0n) is 11.0. The van der Waals surface area contributed by atoms with Gasteiger partial charge >= 0.3 is 0 Å². The summed E-state index contributed by atoms with van der Waals surface area (Å²) in [5, 5.41) is 8.92. The third kappa shape index (κ3) is 3.25. The van der Waals surface area contributed by atoms with Gasteiger partial charge in [-0.3, -0.25) is 0 Å². The first-order chi connectivity index (χ1) is 9.72. The van der Waals surface area contributed by atoms with E-state index in [2.05, 4.69) is 4.85 Å². The van der Waals surface area contributed by atoms with Crippen molar-refractivity contribution in [3.63, 3.8) is 0 Å². The molecule has 1 aromatic carbocycles. The van der Waals surface area contributed by atoms with Crippen molar-refractivity contribution in [2.24, 2.45) is 0 Å². The molecule has 0 saturated heterocycles. The summed E-state index contributed by atoms with van der Waals surface area (Å²) in [5.74, 6) is 1.27. The van der Waals surface area contributed by atoms with Gasteiger partial charge in [-0.2, -0.15) is 0 Å². The summed E-state index contributed by atoms with van der Waals surface area (Å²) in [6, 6.07) is 11.7. The molecule has 3 heteroatoms. The number of hydrogen-bond acceptors (Lipinski definition) is 2. The van der Waals surface area contributed by atoms with Gasteiger partial charge in [0.1, 0.15) is 11.5 Å². The predicted octanol–water partition coefficient (Wildman–Crippen LogP) is 4.21. The van der Waals surface area contributed by atoms with Gasteiger partial charge < -0.3 is 4.74 Å². The molecule has 1 aliphatic heterocycles. The maximum atomic E-state index is 8.92. The Balaban J connectivity index is 2.30. The van der Waals surface area contributed by atoms with Gasteiger partial charge in [0, 0.05) is 0 Å². The molecule has 0 bridgehead atoms. The van der Waals surface area contributed by atoms with Gasteiger partial charge in [0.15, 0.2) is 0 Å². The fourth-order valence-corrected chi connectivity index (χ4v) is 1.77. The second-order valence-electron chi connectivity index (χ2n) is 4.18. The molecule has 0 fully saturated rings. The molecular weight excluding hydrogens is 248 g/mol. The minimum atomic E-state index is 0.0678. The van der Waals surface area contributed by atoms with Crippen molar-refractivity contribution in [3.05, 3.63) is 88.3 Å². The molecule has 3 nitrogen and oxygen atoms in total. The Morgan fingerprint density at radius 2 is 2.00 bits per heavy atom. The third-order valence-electron chi connectivity index (χ3n) is 2.67. The van der Waals surface area contributed by atoms with Crippen LogP contribution in [0.1, 0.15) is 12.5 Å². The molecule has 96 valence electrons. The van der Waals surface area contributed by atoms with Crippen LogP contribution in [0.3, 0.4) is 0 Å². The summed E-state index contributed by atoms with van der Waals surface area (Å²) < 4.78 is 5.57. The maximum absolute atomic E-state index is 8.92. The van der Waals surface area contributed by atoms with E-state index in [9.17, 15) is 0 Å². The van der Waals surface area contributed by atoms with E-state index in [1.807, 2.05) is 48.6 Å². The first-order valence-electron chi connectivity index (χ1n) is 6.06. The van der Waals surface area contributed by atoms with Gasteiger partial charge in [0.25, 0.3) is 5.70 Å². The van der Waals surface area contributed by atoms with Crippen molar-refractivity contribution in [1.82, 2.24) is 0 Å². The highest BCUT2D eigenvalue weighted by Gasteiger charge is 2.10. The maximum Gasteiger partial charge on any atom is 0.269 e. The average molecular weight is 260 g/mol. The summed E-state index contributed by atoms with van der Waals surface area (Å²) in [4.78, 5) is 3.22. The number of rotatable bonds is 2. The van der Waals surface area contributed by atoms with Crippen molar-refractivity contribution in [1.29, 1.82) is 5.26 Å². The van der Waals surface area contributed by atoms with Crippen LogP contribution < -0.4 is 0 Å². The Kier molecular flexibility index (Phi) is 4.17. The molecule has 20 heavy (non-hydrogen) atoms. The molecule has 0 aromatic heterocycles. The molecule has 1 aliphatic rings. The van der Waals surface area contributed by atoms with Crippen molar-refractivity contribution in [3.8, 4) is 6.07 Å². The highest BCUT2D eigenvalue weighted by atomic mass is 16.5. The van der Waals surface area contributed by atoms with Crippen molar-refractivity contribution < 1.29 is 4.74 Å². The Hall–Kier alpha value is -3.04. The molecule has 1 aromatic rings. The average Bonchev–Trinajstić information content (AvgIpc) is 2.47. The van der Waals surface area contributed by atoms with E-state index in [1.165, 1.54) is 0 Å². The standard InChI is InChI=1S/C17H12N2O/c1-13-10-15(17(12-18)19-2)11-16(20-13)9-8-14-6-4-3-5-7-14/h3-11H,1H3/b9-8+,17-15-. The fraction of sp³-hybridized carbons (Fsp3) is 0.0588. The first-order valence-corrected chi connectivity index (χ1v) is 6.06. The van der Waals surface area contributed by atoms with Crippen LogP contribution in [-0.4, -0.2) is 0 Å². The van der Waals surface area contributed by atoms with Crippen LogP contribution in [0.2, 0.25) is 0 Å². The van der Waals surface area contributed by atoms with Crippen molar-refractivity contribution >= 4 is 6.08 Å². The van der Waals surface area contributed by atoms with E-state index in [0.29, 0.717) is 17.1 Å². The van der Waals surface area contributed by atoms with E-state index in [1.54, 1.807) is 19.1 Å². The van der Waals surface area contributed by atoms with Crippen LogP contribution in [0.4, 0.5) is 0 Å². The van der Waals surface area contributed by atoms with E-state index in [0.717, 1.165) is 5.56 Å². The highest BCUT2D eigenvalue weighted by Crippen LogP contribution is 2.23. The molecule has 0 aliphatic carbocycles. The zero-order chi connectivity index (χ0) is 14.4. The second kappa shape index (κ2) is 6.22. The van der Waals surface area contributed by atoms with Crippen LogP contribution in [-0.2, 0) is 4.74 Å². The quantitative estimate of drug-likeness (QED) is 0.590. The lowest BCUT2D eigenvalue weighted by Crippen LogP contribution is -1.96. The van der Waals surface area contributed by atoms with Gasteiger partial charge in [-0.25, -0.2) is 10.1 Å². The molecule has 0 atom stereocenters. The Morgan fingerprint density at radius 3 is 2.65 bits per heavy atom. The number of nitriles is 1. The van der Waals surface area contributed by atoms with Crippen LogP contribution >= 0.6 is 0 Å². The van der Waals surface area contributed by atoms with Crippen molar-refractivity contribution in [2.45, 2.75) is 6.92 Å². The van der Waals surface area contributed by atoms with Crippen LogP contribution in [0.5, 0.6) is 0 Å². The van der Waals surface area contributed by atoms with E-state index >= 15 is 0 Å². The molecule has 0 N–H and O–H groups in total. The molecule has 1 heterocycles. The number of ether oxygens (including phenoxy) is 1. The third-order valence-corrected chi connectivity index (χ3v) is 2.67. The lowest BCUT2D eigenvalue weighted by Gasteiger charge is -2.13. The summed E-state index contributed by atoms with van der Waals surface area (Å²) in [6.07, 6.45) is 7.14. The zero-order valence-corrected chi connectivity index (χ0v) is 11.0. The molecule has 2 rings (SSSR count). The first kappa shape index (κ1) is 13.4. The fourth-order valence-electron chi connectivity index (χ4n) is 1.77. The summed E-state index contributed by atoms with van der Waals surface area (Å²) in [5.41, 5.74) is 1.71. The van der Waals surface area contributed by atoms with Gasteiger partial charge in [-0.1, -0.05) is 36.4 Å². The van der Waals surface area contributed by atoms with Gasteiger partial charge in [0.05, 0.1) is 12.6 Å². The molecule has 0 radical (unpaired) electrons. The minimum absolute atomic E-state index is 0.0678. The molecule has 0 saturated carbocycles. The van der Waals surface area contributed by atoms with Gasteiger partial charge in [-0.05, 0) is 36.3 Å². The molecule has 0 amide bonds. The van der Waals surface area contributed by atoms with Gasteiger partial charge in [-0.15, -0.1) is 0 Å². The molecule has 0 unspecified atom stereocenters. The molecule has 0 spiro atoms. The number of hydrogen-bond donors (Lipinski definition) is 0.